The molecule has 142 valence electrons. The lowest BCUT2D eigenvalue weighted by molar-refractivity contribution is -0.118. The Bertz CT molecular complexity index is 835. The smallest absolute Gasteiger partial charge is 0.262 e. The molecule has 5 nitrogen and oxygen atoms in total. The number of benzene rings is 2. The monoisotopic (exact) mass is 366 g/mol. The number of anilines is 1. The Morgan fingerprint density at radius 3 is 2.52 bits per heavy atom. The van der Waals surface area contributed by atoms with E-state index in [0.717, 1.165) is 18.4 Å². The van der Waals surface area contributed by atoms with E-state index in [1.54, 1.807) is 24.3 Å². The zero-order valence-corrected chi connectivity index (χ0v) is 16.0. The van der Waals surface area contributed by atoms with Crippen molar-refractivity contribution in [2.45, 2.75) is 45.1 Å². The molecule has 0 heterocycles. The molecule has 0 saturated heterocycles. The van der Waals surface area contributed by atoms with Gasteiger partial charge in [-0.1, -0.05) is 45.0 Å². The van der Waals surface area contributed by atoms with E-state index in [1.165, 1.54) is 0 Å². The van der Waals surface area contributed by atoms with Crippen LogP contribution in [-0.2, 0) is 10.2 Å². The highest BCUT2D eigenvalue weighted by Gasteiger charge is 2.25. The van der Waals surface area contributed by atoms with Crippen LogP contribution in [-0.4, -0.2) is 24.5 Å². The number of hydrogen-bond donors (Lipinski definition) is 2. The fourth-order valence-electron chi connectivity index (χ4n) is 2.67. The fourth-order valence-corrected chi connectivity index (χ4v) is 2.67. The average molecular weight is 366 g/mol. The van der Waals surface area contributed by atoms with Gasteiger partial charge in [-0.05, 0) is 48.1 Å². The second kappa shape index (κ2) is 7.82. The average Bonchev–Trinajstić information content (AvgIpc) is 3.44. The Balaban J connectivity index is 1.61. The predicted octanol–water partition coefficient (Wildman–Crippen LogP) is 3.89. The van der Waals surface area contributed by atoms with Gasteiger partial charge in [0.15, 0.2) is 6.61 Å². The highest BCUT2D eigenvalue weighted by molar-refractivity contribution is 6.04. The first kappa shape index (κ1) is 19.0. The third-order valence-electron chi connectivity index (χ3n) is 4.43. The molecule has 1 aliphatic carbocycles. The quantitative estimate of drug-likeness (QED) is 0.815. The van der Waals surface area contributed by atoms with E-state index in [4.69, 9.17) is 4.74 Å². The van der Waals surface area contributed by atoms with E-state index in [0.29, 0.717) is 17.0 Å². The summed E-state index contributed by atoms with van der Waals surface area (Å²) >= 11 is 0. The molecule has 0 unspecified atom stereocenters. The molecule has 1 saturated carbocycles. The van der Waals surface area contributed by atoms with E-state index in [1.807, 2.05) is 24.3 Å². The van der Waals surface area contributed by atoms with Crippen LogP contribution in [0.15, 0.2) is 48.5 Å². The Morgan fingerprint density at radius 2 is 1.81 bits per heavy atom. The second-order valence-electron chi connectivity index (χ2n) is 7.91. The van der Waals surface area contributed by atoms with Crippen molar-refractivity contribution in [2.75, 3.05) is 11.9 Å². The van der Waals surface area contributed by atoms with Crippen molar-refractivity contribution in [2.24, 2.45) is 0 Å². The van der Waals surface area contributed by atoms with Crippen molar-refractivity contribution >= 4 is 17.5 Å². The van der Waals surface area contributed by atoms with Crippen LogP contribution in [0.4, 0.5) is 5.69 Å². The molecular weight excluding hydrogens is 340 g/mol. The maximum atomic E-state index is 12.3. The Morgan fingerprint density at radius 1 is 1.07 bits per heavy atom. The minimum absolute atomic E-state index is 0.00941. The van der Waals surface area contributed by atoms with Gasteiger partial charge in [0.2, 0.25) is 0 Å². The summed E-state index contributed by atoms with van der Waals surface area (Å²) < 4.78 is 5.64. The van der Waals surface area contributed by atoms with Gasteiger partial charge in [0.25, 0.3) is 11.8 Å². The number of rotatable bonds is 6. The first-order valence-electron chi connectivity index (χ1n) is 9.26. The molecule has 5 heteroatoms. The maximum absolute atomic E-state index is 12.3. The number of para-hydroxylation sites is 1. The largest absolute Gasteiger partial charge is 0.484 e. The lowest BCUT2D eigenvalue weighted by Gasteiger charge is -2.19. The van der Waals surface area contributed by atoms with E-state index >= 15 is 0 Å². The molecule has 0 bridgehead atoms. The summed E-state index contributed by atoms with van der Waals surface area (Å²) in [6.45, 7) is 6.26. The van der Waals surface area contributed by atoms with Gasteiger partial charge in [-0.2, -0.15) is 0 Å². The molecule has 0 aromatic heterocycles. The molecular formula is C22H26N2O3. The van der Waals surface area contributed by atoms with Gasteiger partial charge in [-0.15, -0.1) is 0 Å². The van der Waals surface area contributed by atoms with Crippen LogP contribution in [0, 0.1) is 0 Å². The minimum atomic E-state index is -0.303. The maximum Gasteiger partial charge on any atom is 0.262 e. The summed E-state index contributed by atoms with van der Waals surface area (Å²) in [5.41, 5.74) is 2.11. The molecule has 0 aliphatic heterocycles. The van der Waals surface area contributed by atoms with E-state index < -0.39 is 0 Å². The van der Waals surface area contributed by atoms with Crippen LogP contribution in [0.1, 0.15) is 49.5 Å². The first-order valence-corrected chi connectivity index (χ1v) is 9.26. The molecule has 0 atom stereocenters. The van der Waals surface area contributed by atoms with Crippen LogP contribution in [0.5, 0.6) is 5.75 Å². The summed E-state index contributed by atoms with van der Waals surface area (Å²) in [6.07, 6.45) is 2.03. The Labute approximate surface area is 160 Å². The van der Waals surface area contributed by atoms with Crippen molar-refractivity contribution in [1.29, 1.82) is 0 Å². The van der Waals surface area contributed by atoms with Gasteiger partial charge < -0.3 is 15.4 Å². The minimum Gasteiger partial charge on any atom is -0.484 e. The van der Waals surface area contributed by atoms with Crippen molar-refractivity contribution in [3.8, 4) is 5.75 Å². The molecule has 27 heavy (non-hydrogen) atoms. The van der Waals surface area contributed by atoms with Crippen LogP contribution < -0.4 is 15.4 Å². The number of amides is 2. The second-order valence-corrected chi connectivity index (χ2v) is 7.91. The van der Waals surface area contributed by atoms with Gasteiger partial charge >= 0.3 is 0 Å². The van der Waals surface area contributed by atoms with E-state index in [2.05, 4.69) is 31.4 Å². The first-order chi connectivity index (χ1) is 12.8. The van der Waals surface area contributed by atoms with Crippen molar-refractivity contribution in [3.05, 3.63) is 59.7 Å². The van der Waals surface area contributed by atoms with Crippen molar-refractivity contribution in [3.63, 3.8) is 0 Å². The van der Waals surface area contributed by atoms with Crippen LogP contribution >= 0.6 is 0 Å². The van der Waals surface area contributed by atoms with Crippen LogP contribution in [0.3, 0.4) is 0 Å². The molecule has 1 aliphatic rings. The molecule has 3 rings (SSSR count). The van der Waals surface area contributed by atoms with Crippen molar-refractivity contribution < 1.29 is 14.3 Å². The molecule has 2 aromatic rings. The zero-order valence-electron chi connectivity index (χ0n) is 16.0. The zero-order chi connectivity index (χ0) is 19.4. The summed E-state index contributed by atoms with van der Waals surface area (Å²) in [5.74, 6) is 0.187. The summed E-state index contributed by atoms with van der Waals surface area (Å²) in [7, 11) is 0. The molecule has 0 radical (unpaired) electrons. The Hall–Kier alpha value is -2.82. The van der Waals surface area contributed by atoms with Gasteiger partial charge in [0.1, 0.15) is 5.75 Å². The summed E-state index contributed by atoms with van der Waals surface area (Å²) in [6, 6.07) is 15.0. The molecule has 0 spiro atoms. The van der Waals surface area contributed by atoms with Gasteiger partial charge in [-0.25, -0.2) is 0 Å². The number of ether oxygens (including phenoxy) is 1. The third-order valence-corrected chi connectivity index (χ3v) is 4.43. The summed E-state index contributed by atoms with van der Waals surface area (Å²) in [4.78, 5) is 24.6. The number of carbonyl (C=O) groups is 2. The van der Waals surface area contributed by atoms with E-state index in [-0.39, 0.29) is 29.9 Å². The topological polar surface area (TPSA) is 67.4 Å². The van der Waals surface area contributed by atoms with Gasteiger partial charge in [0.05, 0.1) is 11.3 Å². The normalized spacial score (nSPS) is 13.7. The number of hydrogen-bond acceptors (Lipinski definition) is 3. The molecule has 2 amide bonds. The van der Waals surface area contributed by atoms with Crippen LogP contribution in [0.2, 0.25) is 0 Å². The van der Waals surface area contributed by atoms with E-state index in [9.17, 15) is 9.59 Å². The predicted molar refractivity (Wildman–Crippen MR) is 106 cm³/mol. The SMILES string of the molecule is CC(C)(C)c1cccc(OCC(=O)Nc2ccccc2C(=O)NC2CC2)c1. The number of carbonyl (C=O) groups excluding carboxylic acids is 2. The highest BCUT2D eigenvalue weighted by Crippen LogP contribution is 2.25. The standard InChI is InChI=1S/C22H26N2O3/c1-22(2,3)15-7-6-8-17(13-15)27-14-20(25)24-19-10-5-4-9-18(19)21(26)23-16-11-12-16/h4-10,13,16H,11-12,14H2,1-3H3,(H,23,26)(H,24,25). The van der Waals surface area contributed by atoms with Crippen molar-refractivity contribution in [1.82, 2.24) is 5.32 Å². The lowest BCUT2D eigenvalue weighted by Crippen LogP contribution is -2.28. The molecule has 2 aromatic carbocycles. The molecule has 2 N–H and O–H groups in total. The lowest BCUT2D eigenvalue weighted by atomic mass is 9.87. The summed E-state index contributed by atoms with van der Waals surface area (Å²) in [5, 5.41) is 5.72. The number of nitrogens with one attached hydrogen (secondary N) is 2. The highest BCUT2D eigenvalue weighted by atomic mass is 16.5. The third kappa shape index (κ3) is 5.33. The van der Waals surface area contributed by atoms with Crippen LogP contribution in [0.25, 0.3) is 0 Å². The fraction of sp³-hybridized carbons (Fsp3) is 0.364. The van der Waals surface area contributed by atoms with Gasteiger partial charge in [-0.3, -0.25) is 9.59 Å². The van der Waals surface area contributed by atoms with Gasteiger partial charge in [0, 0.05) is 6.04 Å². The molecule has 1 fully saturated rings. The Kier molecular flexibility index (Phi) is 5.49.